The van der Waals surface area contributed by atoms with Crippen molar-refractivity contribution < 1.29 is 23.0 Å². The third kappa shape index (κ3) is 8.42. The molecule has 1 atom stereocenters. The van der Waals surface area contributed by atoms with Gasteiger partial charge in [-0.2, -0.15) is 0 Å². The largest absolute Gasteiger partial charge is 0.488 e. The average molecular weight is 427 g/mol. The number of amides is 1. The number of benzene rings is 1. The van der Waals surface area contributed by atoms with Crippen molar-refractivity contribution in [2.24, 2.45) is 4.99 Å². The number of ether oxygens (including phenoxy) is 2. The van der Waals surface area contributed by atoms with Crippen LogP contribution in [0.15, 0.2) is 29.3 Å². The zero-order valence-corrected chi connectivity index (χ0v) is 18.1. The third-order valence-electron chi connectivity index (χ3n) is 4.23. The summed E-state index contributed by atoms with van der Waals surface area (Å²) in [5.74, 6) is 1.14. The van der Waals surface area contributed by atoms with E-state index in [9.17, 15) is 13.6 Å². The van der Waals surface area contributed by atoms with Crippen molar-refractivity contribution in [3.05, 3.63) is 29.8 Å². The van der Waals surface area contributed by atoms with E-state index in [1.807, 2.05) is 33.8 Å². The molecule has 1 unspecified atom stereocenters. The highest BCUT2D eigenvalue weighted by molar-refractivity contribution is 5.80. The van der Waals surface area contributed by atoms with Crippen LogP contribution in [0.4, 0.5) is 13.6 Å². The molecule has 9 heteroatoms. The van der Waals surface area contributed by atoms with Crippen LogP contribution in [0.25, 0.3) is 0 Å². The van der Waals surface area contributed by atoms with Gasteiger partial charge in [-0.05, 0) is 51.8 Å². The molecule has 1 saturated heterocycles. The maximum atomic E-state index is 12.3. The maximum absolute atomic E-state index is 12.3. The first-order chi connectivity index (χ1) is 14.2. The van der Waals surface area contributed by atoms with E-state index in [0.29, 0.717) is 25.4 Å². The molecule has 0 bridgehead atoms. The predicted molar refractivity (Wildman–Crippen MR) is 112 cm³/mol. The summed E-state index contributed by atoms with van der Waals surface area (Å²) in [5.41, 5.74) is 0.326. The summed E-state index contributed by atoms with van der Waals surface area (Å²) in [6, 6.07) is 6.98. The monoisotopic (exact) mass is 426 g/mol. The quantitative estimate of drug-likeness (QED) is 0.516. The van der Waals surface area contributed by atoms with Crippen molar-refractivity contribution in [1.82, 2.24) is 15.5 Å². The summed E-state index contributed by atoms with van der Waals surface area (Å²) >= 11 is 0. The Morgan fingerprint density at radius 2 is 2.13 bits per heavy atom. The number of aliphatic imine (C=N–C) groups is 1. The van der Waals surface area contributed by atoms with Gasteiger partial charge in [0.15, 0.2) is 5.96 Å². The predicted octanol–water partition coefficient (Wildman–Crippen LogP) is 3.40. The van der Waals surface area contributed by atoms with Gasteiger partial charge in [0, 0.05) is 19.6 Å². The Bertz CT molecular complexity index is 722. The number of alkyl carbamates (subject to hydrolysis) is 1. The molecule has 1 aliphatic heterocycles. The molecule has 2 N–H and O–H groups in total. The number of hydrogen-bond donors (Lipinski definition) is 2. The molecule has 1 fully saturated rings. The Labute approximate surface area is 176 Å². The minimum atomic E-state index is -2.51. The van der Waals surface area contributed by atoms with E-state index >= 15 is 0 Å². The van der Waals surface area contributed by atoms with Crippen LogP contribution < -0.4 is 15.4 Å². The summed E-state index contributed by atoms with van der Waals surface area (Å²) in [7, 11) is 0. The molecule has 0 aliphatic carbocycles. The van der Waals surface area contributed by atoms with Crippen molar-refractivity contribution in [3.8, 4) is 5.75 Å². The lowest BCUT2D eigenvalue weighted by molar-refractivity contribution is 0.0507. The van der Waals surface area contributed by atoms with Gasteiger partial charge in [0.05, 0.1) is 12.6 Å². The molecule has 1 amide bonds. The van der Waals surface area contributed by atoms with Crippen LogP contribution in [0.2, 0.25) is 0 Å². The summed E-state index contributed by atoms with van der Waals surface area (Å²) < 4.78 is 35.1. The van der Waals surface area contributed by atoms with Gasteiger partial charge in [-0.25, -0.2) is 18.6 Å². The zero-order valence-electron chi connectivity index (χ0n) is 18.1. The molecular weight excluding hydrogens is 394 g/mol. The Balaban J connectivity index is 1.95. The fraction of sp³-hybridized carbons (Fsp3) is 0.619. The van der Waals surface area contributed by atoms with Gasteiger partial charge in [0.1, 0.15) is 18.0 Å². The highest BCUT2D eigenvalue weighted by atomic mass is 19.3. The Morgan fingerprint density at radius 3 is 2.80 bits per heavy atom. The van der Waals surface area contributed by atoms with Gasteiger partial charge in [-0.3, -0.25) is 0 Å². The first-order valence-corrected chi connectivity index (χ1v) is 10.2. The molecule has 0 saturated carbocycles. The molecule has 7 nitrogen and oxygen atoms in total. The number of nitrogens with zero attached hydrogens (tertiary/aromatic N) is 2. The van der Waals surface area contributed by atoms with Crippen LogP contribution >= 0.6 is 0 Å². The normalized spacial score (nSPS) is 17.2. The molecule has 1 aromatic rings. The fourth-order valence-corrected chi connectivity index (χ4v) is 3.03. The number of guanidine groups is 1. The number of carbonyl (C=O) groups is 1. The molecule has 1 aromatic carbocycles. The molecule has 1 aliphatic rings. The van der Waals surface area contributed by atoms with E-state index in [2.05, 4.69) is 20.5 Å². The van der Waals surface area contributed by atoms with E-state index < -0.39 is 24.7 Å². The number of nitrogens with one attached hydrogen (secondary N) is 2. The first-order valence-electron chi connectivity index (χ1n) is 10.2. The maximum Gasteiger partial charge on any atom is 0.407 e. The zero-order chi connectivity index (χ0) is 22.1. The second-order valence-corrected chi connectivity index (χ2v) is 8.10. The van der Waals surface area contributed by atoms with Crippen LogP contribution in [-0.4, -0.2) is 61.3 Å². The Kier molecular flexibility index (Phi) is 8.68. The number of alkyl halides is 2. The molecule has 0 radical (unpaired) electrons. The number of halogens is 2. The molecule has 30 heavy (non-hydrogen) atoms. The molecule has 1 heterocycles. The van der Waals surface area contributed by atoms with Crippen molar-refractivity contribution in [2.45, 2.75) is 58.7 Å². The summed E-state index contributed by atoms with van der Waals surface area (Å²) in [6.07, 6.45) is -2.14. The van der Waals surface area contributed by atoms with Crippen molar-refractivity contribution in [3.63, 3.8) is 0 Å². The third-order valence-corrected chi connectivity index (χ3v) is 4.23. The minimum Gasteiger partial charge on any atom is -0.488 e. The molecule has 0 spiro atoms. The van der Waals surface area contributed by atoms with E-state index in [0.717, 1.165) is 24.5 Å². The van der Waals surface area contributed by atoms with Crippen LogP contribution in [0.5, 0.6) is 5.75 Å². The summed E-state index contributed by atoms with van der Waals surface area (Å²) in [6.45, 7) is 9.32. The molecule has 168 valence electrons. The van der Waals surface area contributed by atoms with Crippen molar-refractivity contribution in [1.29, 1.82) is 0 Å². The van der Waals surface area contributed by atoms with Gasteiger partial charge in [-0.1, -0.05) is 12.1 Å². The van der Waals surface area contributed by atoms with Crippen LogP contribution in [0, 0.1) is 0 Å². The Morgan fingerprint density at radius 1 is 1.37 bits per heavy atom. The second-order valence-electron chi connectivity index (χ2n) is 8.10. The number of rotatable bonds is 7. The number of carbonyl (C=O) groups excluding carboxylic acids is 1. The lowest BCUT2D eigenvalue weighted by atomic mass is 10.2. The minimum absolute atomic E-state index is 0.0187. The van der Waals surface area contributed by atoms with Gasteiger partial charge in [0.2, 0.25) is 0 Å². The lowest BCUT2D eigenvalue weighted by Gasteiger charge is -2.23. The Hall–Kier alpha value is -2.58. The van der Waals surface area contributed by atoms with Crippen LogP contribution in [0.1, 0.15) is 39.7 Å². The molecule has 0 aromatic heterocycles. The van der Waals surface area contributed by atoms with E-state index in [1.165, 1.54) is 0 Å². The van der Waals surface area contributed by atoms with Gasteiger partial charge >= 0.3 is 6.09 Å². The van der Waals surface area contributed by atoms with Gasteiger partial charge in [0.25, 0.3) is 6.43 Å². The second kappa shape index (κ2) is 11.0. The average Bonchev–Trinajstić information content (AvgIpc) is 3.10. The SMILES string of the molecule is CCNC(=NCc1cccc(OCC(F)F)c1)N1CCC(NC(=O)OC(C)(C)C)C1. The summed E-state index contributed by atoms with van der Waals surface area (Å²) in [4.78, 5) is 18.7. The number of likely N-dealkylation sites (tertiary alicyclic amines) is 1. The van der Waals surface area contributed by atoms with Crippen molar-refractivity contribution >= 4 is 12.1 Å². The summed E-state index contributed by atoms with van der Waals surface area (Å²) in [5, 5.41) is 6.17. The standard InChI is InChI=1S/C21H32F2N4O3/c1-5-24-19(25-12-15-7-6-8-17(11-15)29-14-18(22)23)27-10-9-16(13-27)26-20(28)30-21(2,3)4/h6-8,11,16,18H,5,9-10,12-14H2,1-4H3,(H,24,25)(H,26,28). The van der Waals surface area contributed by atoms with Gasteiger partial charge < -0.3 is 25.0 Å². The lowest BCUT2D eigenvalue weighted by Crippen LogP contribution is -2.44. The molecular formula is C21H32F2N4O3. The first kappa shape index (κ1) is 23.7. The van der Waals surface area contributed by atoms with E-state index in [4.69, 9.17) is 9.47 Å². The van der Waals surface area contributed by atoms with Crippen LogP contribution in [-0.2, 0) is 11.3 Å². The highest BCUT2D eigenvalue weighted by Gasteiger charge is 2.27. The van der Waals surface area contributed by atoms with Crippen molar-refractivity contribution in [2.75, 3.05) is 26.2 Å². The number of hydrogen-bond acceptors (Lipinski definition) is 4. The smallest absolute Gasteiger partial charge is 0.407 e. The topological polar surface area (TPSA) is 75.2 Å². The van der Waals surface area contributed by atoms with Gasteiger partial charge in [-0.15, -0.1) is 0 Å². The molecule has 2 rings (SSSR count). The van der Waals surface area contributed by atoms with E-state index in [-0.39, 0.29) is 6.04 Å². The highest BCUT2D eigenvalue weighted by Crippen LogP contribution is 2.16. The fourth-order valence-electron chi connectivity index (χ4n) is 3.03. The van der Waals surface area contributed by atoms with Crippen LogP contribution in [0.3, 0.4) is 0 Å². The van der Waals surface area contributed by atoms with E-state index in [1.54, 1.807) is 18.2 Å².